The van der Waals surface area contributed by atoms with Crippen molar-refractivity contribution in [3.05, 3.63) is 188 Å². The first-order valence-corrected chi connectivity index (χ1v) is 18.6. The van der Waals surface area contributed by atoms with Gasteiger partial charge in [0, 0.05) is 48.6 Å². The molecule has 0 aliphatic carbocycles. The van der Waals surface area contributed by atoms with E-state index in [0.29, 0.717) is 5.82 Å². The molecule has 0 spiro atoms. The second-order valence-electron chi connectivity index (χ2n) is 13.2. The number of aromatic nitrogens is 3. The van der Waals surface area contributed by atoms with Crippen LogP contribution in [0.2, 0.25) is 0 Å². The molecule has 3 nitrogen and oxygen atoms in total. The van der Waals surface area contributed by atoms with Crippen LogP contribution in [0, 0.1) is 0 Å². The van der Waals surface area contributed by atoms with Crippen molar-refractivity contribution in [1.29, 1.82) is 0 Å². The highest BCUT2D eigenvalue weighted by atomic mass is 32.1. The summed E-state index contributed by atoms with van der Waals surface area (Å²) in [6, 6.07) is 64.4. The summed E-state index contributed by atoms with van der Waals surface area (Å²) in [5.41, 5.74) is 11.5. The Bertz CT molecular complexity index is 2930. The molecule has 0 radical (unpaired) electrons. The van der Waals surface area contributed by atoms with Crippen LogP contribution in [0.1, 0.15) is 0 Å². The fraction of sp³-hybridized carbons (Fsp3) is 0. The lowest BCUT2D eigenvalue weighted by atomic mass is 9.91. The van der Waals surface area contributed by atoms with E-state index in [9.17, 15) is 0 Å². The zero-order chi connectivity index (χ0) is 35.1. The van der Waals surface area contributed by atoms with Gasteiger partial charge in [0.1, 0.15) is 0 Å². The number of rotatable bonds is 6. The van der Waals surface area contributed by atoms with Crippen molar-refractivity contribution in [2.45, 2.75) is 0 Å². The van der Waals surface area contributed by atoms with Gasteiger partial charge in [-0.1, -0.05) is 140 Å². The number of thiophene rings is 1. The maximum Gasteiger partial charge on any atom is 0.160 e. The van der Waals surface area contributed by atoms with Crippen molar-refractivity contribution in [3.8, 4) is 67.4 Å². The smallest absolute Gasteiger partial charge is 0.160 e. The quantitative estimate of drug-likeness (QED) is 0.174. The summed E-state index contributed by atoms with van der Waals surface area (Å²) < 4.78 is 2.58. The third-order valence-electron chi connectivity index (χ3n) is 9.94. The van der Waals surface area contributed by atoms with Crippen LogP contribution in [-0.2, 0) is 0 Å². The first kappa shape index (κ1) is 31.0. The molecule has 10 aromatic rings. The second-order valence-corrected chi connectivity index (χ2v) is 14.3. The van der Waals surface area contributed by atoms with Gasteiger partial charge in [-0.25, -0.2) is 9.97 Å². The Morgan fingerprint density at radius 1 is 0.358 bits per heavy atom. The molecule has 3 heterocycles. The van der Waals surface area contributed by atoms with Crippen molar-refractivity contribution in [3.63, 3.8) is 0 Å². The van der Waals surface area contributed by atoms with Crippen molar-refractivity contribution >= 4 is 42.3 Å². The molecule has 248 valence electrons. The molecule has 53 heavy (non-hydrogen) atoms. The van der Waals surface area contributed by atoms with Crippen LogP contribution in [-0.4, -0.2) is 15.0 Å². The van der Waals surface area contributed by atoms with E-state index < -0.39 is 0 Å². The fourth-order valence-corrected chi connectivity index (χ4v) is 8.58. The fourth-order valence-electron chi connectivity index (χ4n) is 7.34. The van der Waals surface area contributed by atoms with Crippen LogP contribution < -0.4 is 0 Å². The van der Waals surface area contributed by atoms with Crippen LogP contribution in [0.15, 0.2) is 188 Å². The van der Waals surface area contributed by atoms with Crippen LogP contribution in [0.25, 0.3) is 98.4 Å². The predicted molar refractivity (Wildman–Crippen MR) is 223 cm³/mol. The number of pyridine rings is 1. The van der Waals surface area contributed by atoms with E-state index in [-0.39, 0.29) is 0 Å². The Labute approximate surface area is 311 Å². The average Bonchev–Trinajstić information content (AvgIpc) is 3.63. The molecule has 10 rings (SSSR count). The minimum atomic E-state index is 0.690. The van der Waals surface area contributed by atoms with E-state index >= 15 is 0 Å². The number of hydrogen-bond acceptors (Lipinski definition) is 4. The van der Waals surface area contributed by atoms with Crippen LogP contribution in [0.5, 0.6) is 0 Å². The third-order valence-corrected chi connectivity index (χ3v) is 11.2. The van der Waals surface area contributed by atoms with Crippen LogP contribution >= 0.6 is 11.3 Å². The van der Waals surface area contributed by atoms with Crippen molar-refractivity contribution < 1.29 is 0 Å². The molecule has 0 aliphatic rings. The third kappa shape index (κ3) is 5.76. The van der Waals surface area contributed by atoms with E-state index in [1.807, 2.05) is 53.9 Å². The lowest BCUT2D eigenvalue weighted by Gasteiger charge is -2.15. The molecule has 0 N–H and O–H groups in total. The summed E-state index contributed by atoms with van der Waals surface area (Å²) in [5, 5.41) is 5.01. The monoisotopic (exact) mass is 693 g/mol. The molecule has 0 aliphatic heterocycles. The highest BCUT2D eigenvalue weighted by Crippen LogP contribution is 2.43. The largest absolute Gasteiger partial charge is 0.256 e. The van der Waals surface area contributed by atoms with Crippen molar-refractivity contribution in [1.82, 2.24) is 15.0 Å². The standard InChI is InChI=1S/C49H31N3S/c1-2-13-35(14-3-1)49-51-45(34-25-23-33(24-26-34)44-21-8-9-27-50-44)31-46(52-49)38-29-36(40-18-10-15-32-12-4-5-16-39(32)40)28-37(30-38)41-19-11-20-43-42-17-6-7-22-47(42)53-48(41)43/h1-31H. The Kier molecular flexibility index (Phi) is 7.67. The molecule has 0 amide bonds. The molecular weight excluding hydrogens is 663 g/mol. The zero-order valence-electron chi connectivity index (χ0n) is 28.6. The summed E-state index contributed by atoms with van der Waals surface area (Å²) in [5.74, 6) is 0.690. The topological polar surface area (TPSA) is 38.7 Å². The normalized spacial score (nSPS) is 11.4. The first-order valence-electron chi connectivity index (χ1n) is 17.8. The molecule has 7 aromatic carbocycles. The van der Waals surface area contributed by atoms with Crippen molar-refractivity contribution in [2.75, 3.05) is 0 Å². The second kappa shape index (κ2) is 13.1. The van der Waals surface area contributed by atoms with Gasteiger partial charge in [0.15, 0.2) is 5.82 Å². The lowest BCUT2D eigenvalue weighted by molar-refractivity contribution is 1.18. The van der Waals surface area contributed by atoms with Gasteiger partial charge in [-0.3, -0.25) is 4.98 Å². The number of fused-ring (bicyclic) bond motifs is 4. The highest BCUT2D eigenvalue weighted by molar-refractivity contribution is 7.26. The minimum absolute atomic E-state index is 0.690. The SMILES string of the molecule is c1ccc(-c2nc(-c3ccc(-c4ccccn4)cc3)cc(-c3cc(-c4cccc5ccccc45)cc(-c4cccc5c4sc4ccccc45)c3)n2)cc1. The Hall–Kier alpha value is -6.75. The first-order chi connectivity index (χ1) is 26.2. The number of benzene rings is 7. The number of nitrogens with zero attached hydrogens (tertiary/aromatic N) is 3. The molecule has 4 heteroatoms. The van der Waals surface area contributed by atoms with E-state index in [1.54, 1.807) is 0 Å². The maximum atomic E-state index is 5.28. The molecule has 0 unspecified atom stereocenters. The maximum absolute atomic E-state index is 5.28. The van der Waals surface area contributed by atoms with Gasteiger partial charge in [0.2, 0.25) is 0 Å². The summed E-state index contributed by atoms with van der Waals surface area (Å²) in [7, 11) is 0. The van der Waals surface area contributed by atoms with Gasteiger partial charge >= 0.3 is 0 Å². The summed E-state index contributed by atoms with van der Waals surface area (Å²) >= 11 is 1.86. The summed E-state index contributed by atoms with van der Waals surface area (Å²) in [4.78, 5) is 15.0. The van der Waals surface area contributed by atoms with Crippen LogP contribution in [0.3, 0.4) is 0 Å². The van der Waals surface area contributed by atoms with Gasteiger partial charge in [-0.15, -0.1) is 11.3 Å². The van der Waals surface area contributed by atoms with Gasteiger partial charge in [-0.05, 0) is 75.5 Å². The molecule has 0 saturated carbocycles. The van der Waals surface area contributed by atoms with Gasteiger partial charge in [-0.2, -0.15) is 0 Å². The molecule has 0 atom stereocenters. The van der Waals surface area contributed by atoms with Gasteiger partial charge in [0.05, 0.1) is 17.1 Å². The minimum Gasteiger partial charge on any atom is -0.256 e. The highest BCUT2D eigenvalue weighted by Gasteiger charge is 2.17. The van der Waals surface area contributed by atoms with Gasteiger partial charge in [0.25, 0.3) is 0 Å². The lowest BCUT2D eigenvalue weighted by Crippen LogP contribution is -1.97. The van der Waals surface area contributed by atoms with Crippen molar-refractivity contribution in [2.24, 2.45) is 0 Å². The number of hydrogen-bond donors (Lipinski definition) is 0. The van der Waals surface area contributed by atoms with E-state index in [2.05, 4.69) is 151 Å². The molecule has 0 bridgehead atoms. The Morgan fingerprint density at radius 3 is 1.77 bits per heavy atom. The average molecular weight is 694 g/mol. The molecule has 0 fully saturated rings. The zero-order valence-corrected chi connectivity index (χ0v) is 29.5. The van der Waals surface area contributed by atoms with Crippen LogP contribution in [0.4, 0.5) is 0 Å². The Balaban J connectivity index is 1.20. The van der Waals surface area contributed by atoms with E-state index in [0.717, 1.165) is 50.5 Å². The van der Waals surface area contributed by atoms with E-state index in [1.165, 1.54) is 42.1 Å². The Morgan fingerprint density at radius 2 is 0.962 bits per heavy atom. The van der Waals surface area contributed by atoms with E-state index in [4.69, 9.17) is 9.97 Å². The summed E-state index contributed by atoms with van der Waals surface area (Å²) in [6.07, 6.45) is 1.83. The predicted octanol–water partition coefficient (Wildman–Crippen LogP) is 13.4. The molecular formula is C49H31N3S. The molecule has 3 aromatic heterocycles. The van der Waals surface area contributed by atoms with Gasteiger partial charge < -0.3 is 0 Å². The molecule has 0 saturated heterocycles. The summed E-state index contributed by atoms with van der Waals surface area (Å²) in [6.45, 7) is 0.